The molecule has 0 aliphatic carbocycles. The first-order chi connectivity index (χ1) is 7.56. The first-order valence-corrected chi connectivity index (χ1v) is 6.11. The normalized spacial score (nSPS) is 12.1. The van der Waals surface area contributed by atoms with E-state index in [4.69, 9.17) is 5.11 Å². The molecule has 0 aromatic heterocycles. The van der Waals surface area contributed by atoms with Gasteiger partial charge in [0.05, 0.1) is 6.61 Å². The van der Waals surface area contributed by atoms with Gasteiger partial charge in [-0.15, -0.1) is 0 Å². The molecule has 0 unspecified atom stereocenters. The van der Waals surface area contributed by atoms with Gasteiger partial charge in [-0.25, -0.2) is 0 Å². The zero-order valence-electron chi connectivity index (χ0n) is 11.7. The van der Waals surface area contributed by atoms with Crippen LogP contribution in [0.1, 0.15) is 53.4 Å². The average molecular weight is 341 g/mol. The quantitative estimate of drug-likeness (QED) is 0.548. The van der Waals surface area contributed by atoms with E-state index in [1.165, 1.54) is 16.7 Å². The molecule has 0 saturated heterocycles. The third kappa shape index (κ3) is 13.9. The summed E-state index contributed by atoms with van der Waals surface area (Å²) in [6.45, 7) is 8.71. The van der Waals surface area contributed by atoms with Crippen LogP contribution in [0.3, 0.4) is 0 Å². The molecule has 0 fully saturated rings. The van der Waals surface area contributed by atoms with Gasteiger partial charge in [0.15, 0.2) is 0 Å². The maximum Gasteiger partial charge on any atom is 0.0614 e. The Hall–Kier alpha value is -0.0213. The van der Waals surface area contributed by atoms with Gasteiger partial charge in [-0.3, -0.25) is 0 Å². The van der Waals surface area contributed by atoms with Crippen molar-refractivity contribution < 1.29 is 5.11 Å². The van der Waals surface area contributed by atoms with E-state index in [1.54, 1.807) is 0 Å². The molecule has 0 saturated carbocycles. The van der Waals surface area contributed by atoms with Gasteiger partial charge in [0.25, 0.3) is 0 Å². The predicted molar refractivity (Wildman–Crippen MR) is 78.3 cm³/mol. The topological polar surface area (TPSA) is 20.2 Å². The molecule has 0 amide bonds. The van der Waals surface area contributed by atoms with Crippen LogP contribution in [-0.4, -0.2) is 35.6 Å². The average Bonchev–Trinajstić information content (AvgIpc) is 2.17. The fourth-order valence-electron chi connectivity index (χ4n) is 1.49. The summed E-state index contributed by atoms with van der Waals surface area (Å²) in [5.74, 6) is 0. The zero-order chi connectivity index (χ0) is 12.4. The Morgan fingerprint density at radius 3 is 1.76 bits per heavy atom. The second-order valence-electron chi connectivity index (χ2n) is 4.64. The Bertz CT molecular complexity index is 271. The zero-order valence-corrected chi connectivity index (χ0v) is 14.6. The summed E-state index contributed by atoms with van der Waals surface area (Å²) in [6, 6.07) is 0. The van der Waals surface area contributed by atoms with Crippen molar-refractivity contribution in [2.75, 3.05) is 6.61 Å². The van der Waals surface area contributed by atoms with E-state index in [2.05, 4.69) is 39.8 Å². The van der Waals surface area contributed by atoms with Crippen LogP contribution < -0.4 is 0 Å². The Morgan fingerprint density at radius 1 is 0.824 bits per heavy atom. The van der Waals surface area contributed by atoms with E-state index in [0.717, 1.165) is 25.7 Å². The smallest absolute Gasteiger partial charge is 0.0614 e. The van der Waals surface area contributed by atoms with Gasteiger partial charge in [0, 0.05) is 23.9 Å². The maximum atomic E-state index is 8.72. The van der Waals surface area contributed by atoms with Gasteiger partial charge in [-0.05, 0) is 53.4 Å². The molecule has 2 heteroatoms. The molecule has 96 valence electrons. The van der Waals surface area contributed by atoms with Crippen LogP contribution in [-0.2, 0) is 0 Å². The third-order valence-corrected chi connectivity index (χ3v) is 2.56. The minimum atomic E-state index is 0. The van der Waals surface area contributed by atoms with Crippen LogP contribution in [0, 0.1) is 0 Å². The molecule has 0 aliphatic heterocycles. The monoisotopic (exact) mass is 342 g/mol. The van der Waals surface area contributed by atoms with Crippen LogP contribution in [0.5, 0.6) is 0 Å². The minimum absolute atomic E-state index is 0. The first-order valence-electron chi connectivity index (χ1n) is 6.11. The van der Waals surface area contributed by atoms with E-state index < -0.39 is 0 Å². The number of allylic oxidation sites excluding steroid dienone is 5. The van der Waals surface area contributed by atoms with E-state index in [-0.39, 0.29) is 30.5 Å². The van der Waals surface area contributed by atoms with Crippen molar-refractivity contribution in [2.45, 2.75) is 53.4 Å². The Labute approximate surface area is 124 Å². The van der Waals surface area contributed by atoms with E-state index in [1.807, 2.05) is 6.08 Å². The van der Waals surface area contributed by atoms with E-state index in [0.29, 0.717) is 0 Å². The largest absolute Gasteiger partial charge is 0.392 e. The molecule has 0 aromatic carbocycles. The Morgan fingerprint density at radius 2 is 1.29 bits per heavy atom. The predicted octanol–water partition coefficient (Wildman–Crippen LogP) is 4.02. The fourth-order valence-corrected chi connectivity index (χ4v) is 1.49. The van der Waals surface area contributed by atoms with Gasteiger partial charge >= 0.3 is 0 Å². The summed E-state index contributed by atoms with van der Waals surface area (Å²) in [4.78, 5) is 0. The molecular weight excluding hydrogens is 315 g/mol. The van der Waals surface area contributed by atoms with Crippen molar-refractivity contribution in [3.05, 3.63) is 34.9 Å². The van der Waals surface area contributed by atoms with Crippen molar-refractivity contribution in [2.24, 2.45) is 0 Å². The standard InChI is InChI=1S/C15H26O.Sn/c1-13(2)7-5-8-14(3)9-6-10-15(4)11-12-16;/h7,9,11,16H,5-6,8,10,12H2,1-4H3;. The number of aliphatic hydroxyl groups excluding tert-OH is 1. The maximum absolute atomic E-state index is 8.72. The van der Waals surface area contributed by atoms with Crippen LogP contribution >= 0.6 is 0 Å². The summed E-state index contributed by atoms with van der Waals surface area (Å²) in [7, 11) is 0. The summed E-state index contributed by atoms with van der Waals surface area (Å²) in [6.07, 6.45) is 10.9. The molecule has 0 bridgehead atoms. The number of hydrogen-bond acceptors (Lipinski definition) is 1. The van der Waals surface area contributed by atoms with E-state index >= 15 is 0 Å². The summed E-state index contributed by atoms with van der Waals surface area (Å²) >= 11 is 0. The minimum Gasteiger partial charge on any atom is -0.392 e. The number of rotatable bonds is 7. The Kier molecular flexibility index (Phi) is 14.1. The molecule has 0 heterocycles. The molecule has 0 rings (SSSR count). The van der Waals surface area contributed by atoms with Crippen LogP contribution in [0.4, 0.5) is 0 Å². The van der Waals surface area contributed by atoms with Crippen LogP contribution in [0.15, 0.2) is 34.9 Å². The molecule has 1 nitrogen and oxygen atoms in total. The van der Waals surface area contributed by atoms with Crippen LogP contribution in [0.2, 0.25) is 0 Å². The van der Waals surface area contributed by atoms with Crippen molar-refractivity contribution in [3.63, 3.8) is 0 Å². The van der Waals surface area contributed by atoms with Crippen molar-refractivity contribution >= 4 is 23.9 Å². The molecule has 0 atom stereocenters. The van der Waals surface area contributed by atoms with Crippen molar-refractivity contribution in [1.82, 2.24) is 0 Å². The number of hydrogen-bond donors (Lipinski definition) is 1. The summed E-state index contributed by atoms with van der Waals surface area (Å²) < 4.78 is 0. The van der Waals surface area contributed by atoms with Crippen molar-refractivity contribution in [1.29, 1.82) is 0 Å². The SMILES string of the molecule is CC(C)=CCCC(C)=CCCC(C)=CCO.[Sn]. The molecular formula is C15H26OSn. The van der Waals surface area contributed by atoms with Gasteiger partial charge in [0.1, 0.15) is 0 Å². The molecule has 17 heavy (non-hydrogen) atoms. The summed E-state index contributed by atoms with van der Waals surface area (Å²) in [5.41, 5.74) is 4.14. The first kappa shape index (κ1) is 19.3. The third-order valence-electron chi connectivity index (χ3n) is 2.56. The van der Waals surface area contributed by atoms with E-state index in [9.17, 15) is 0 Å². The second kappa shape index (κ2) is 12.4. The molecule has 0 aromatic rings. The second-order valence-corrected chi connectivity index (χ2v) is 4.64. The van der Waals surface area contributed by atoms with Gasteiger partial charge in [-0.1, -0.05) is 34.9 Å². The number of aliphatic hydroxyl groups is 1. The molecule has 4 radical (unpaired) electrons. The van der Waals surface area contributed by atoms with Gasteiger partial charge < -0.3 is 5.11 Å². The van der Waals surface area contributed by atoms with Gasteiger partial charge in [-0.2, -0.15) is 0 Å². The summed E-state index contributed by atoms with van der Waals surface area (Å²) in [5, 5.41) is 8.72. The van der Waals surface area contributed by atoms with Crippen LogP contribution in [0.25, 0.3) is 0 Å². The molecule has 0 aliphatic rings. The van der Waals surface area contributed by atoms with Crippen molar-refractivity contribution in [3.8, 4) is 0 Å². The Balaban J connectivity index is 0. The molecule has 0 spiro atoms. The molecule has 1 N–H and O–H groups in total. The fraction of sp³-hybridized carbons (Fsp3) is 0.600. The van der Waals surface area contributed by atoms with Gasteiger partial charge in [0.2, 0.25) is 0 Å².